The zero-order valence-corrected chi connectivity index (χ0v) is 16.1. The molecule has 0 bridgehead atoms. The topological polar surface area (TPSA) is 54.6 Å². The summed E-state index contributed by atoms with van der Waals surface area (Å²) in [6.45, 7) is 7.33. The molecule has 1 N–H and O–H groups in total. The van der Waals surface area contributed by atoms with Crippen molar-refractivity contribution in [2.24, 2.45) is 0 Å². The number of carbonyl (C=O) groups excluding carboxylic acids is 1. The lowest BCUT2D eigenvalue weighted by Gasteiger charge is -2.38. The molecular weight excluding hydrogens is 340 g/mol. The van der Waals surface area contributed by atoms with E-state index in [1.54, 1.807) is 7.11 Å². The molecule has 0 aliphatic carbocycles. The molecule has 1 saturated heterocycles. The molecule has 140 valence electrons. The molecule has 0 radical (unpaired) electrons. The molecule has 0 spiro atoms. The number of likely N-dealkylation sites (tertiary alicyclic amines) is 1. The minimum atomic E-state index is 0.00900. The normalized spacial score (nSPS) is 14.3. The number of hydrogen-bond acceptors (Lipinski definition) is 3. The molecular formula is C22H24N2O3. The second kappa shape index (κ2) is 6.65. The van der Waals surface area contributed by atoms with Crippen molar-refractivity contribution in [3.8, 4) is 11.5 Å². The first kappa shape index (κ1) is 17.5. The maximum Gasteiger partial charge on any atom is 0.270 e. The van der Waals surface area contributed by atoms with Crippen LogP contribution in [-0.4, -0.2) is 42.1 Å². The second-order valence-electron chi connectivity index (χ2n) is 7.26. The highest BCUT2D eigenvalue weighted by atomic mass is 16.5. The Hall–Kier alpha value is -2.95. The quantitative estimate of drug-likeness (QED) is 0.761. The SMILES string of the molecule is COc1cccc(OC2CN(C(=O)c3[nH]c4c(C)cc(C)cc4c3C)C2)c1. The van der Waals surface area contributed by atoms with E-state index in [4.69, 9.17) is 9.47 Å². The average Bonchev–Trinajstić information content (AvgIpc) is 2.95. The highest BCUT2D eigenvalue weighted by molar-refractivity contribution is 6.02. The van der Waals surface area contributed by atoms with Crippen molar-refractivity contribution in [2.45, 2.75) is 26.9 Å². The van der Waals surface area contributed by atoms with Crippen molar-refractivity contribution in [3.63, 3.8) is 0 Å². The molecule has 0 atom stereocenters. The van der Waals surface area contributed by atoms with E-state index in [1.165, 1.54) is 5.56 Å². The highest BCUT2D eigenvalue weighted by Crippen LogP contribution is 2.28. The summed E-state index contributed by atoms with van der Waals surface area (Å²) in [4.78, 5) is 18.1. The number of benzene rings is 2. The van der Waals surface area contributed by atoms with Gasteiger partial charge in [0.2, 0.25) is 0 Å². The zero-order chi connectivity index (χ0) is 19.1. The maximum atomic E-state index is 12.9. The number of aryl methyl sites for hydroxylation is 3. The lowest BCUT2D eigenvalue weighted by Crippen LogP contribution is -2.56. The number of rotatable bonds is 4. The number of ether oxygens (including phenoxy) is 2. The van der Waals surface area contributed by atoms with E-state index in [2.05, 4.69) is 31.0 Å². The number of fused-ring (bicyclic) bond motifs is 1. The van der Waals surface area contributed by atoms with Gasteiger partial charge in [-0.05, 0) is 50.1 Å². The summed E-state index contributed by atoms with van der Waals surface area (Å²) >= 11 is 0. The van der Waals surface area contributed by atoms with Crippen LogP contribution in [0.15, 0.2) is 36.4 Å². The van der Waals surface area contributed by atoms with Crippen molar-refractivity contribution in [1.29, 1.82) is 0 Å². The van der Waals surface area contributed by atoms with Gasteiger partial charge in [-0.2, -0.15) is 0 Å². The summed E-state index contributed by atoms with van der Waals surface area (Å²) in [7, 11) is 1.63. The van der Waals surface area contributed by atoms with Crippen molar-refractivity contribution < 1.29 is 14.3 Å². The highest BCUT2D eigenvalue weighted by Gasteiger charge is 2.34. The van der Waals surface area contributed by atoms with E-state index in [0.29, 0.717) is 18.8 Å². The number of amides is 1. The number of nitrogens with zero attached hydrogens (tertiary/aromatic N) is 1. The molecule has 1 fully saturated rings. The third kappa shape index (κ3) is 3.14. The van der Waals surface area contributed by atoms with Gasteiger partial charge in [-0.1, -0.05) is 17.7 Å². The number of nitrogens with one attached hydrogen (secondary N) is 1. The van der Waals surface area contributed by atoms with Crippen LogP contribution >= 0.6 is 0 Å². The van der Waals surface area contributed by atoms with Crippen LogP contribution in [0.25, 0.3) is 10.9 Å². The van der Waals surface area contributed by atoms with Crippen LogP contribution < -0.4 is 9.47 Å². The fourth-order valence-corrected chi connectivity index (χ4v) is 3.70. The predicted molar refractivity (Wildman–Crippen MR) is 106 cm³/mol. The number of hydrogen-bond donors (Lipinski definition) is 1. The smallest absolute Gasteiger partial charge is 0.270 e. The lowest BCUT2D eigenvalue weighted by molar-refractivity contribution is 0.0173. The Labute approximate surface area is 158 Å². The minimum absolute atomic E-state index is 0.00900. The van der Waals surface area contributed by atoms with Gasteiger partial charge >= 0.3 is 0 Å². The van der Waals surface area contributed by atoms with Crippen LogP contribution in [0.2, 0.25) is 0 Å². The van der Waals surface area contributed by atoms with Crippen LogP contribution in [0.5, 0.6) is 11.5 Å². The Morgan fingerprint density at radius 1 is 1.11 bits per heavy atom. The molecule has 5 nitrogen and oxygen atoms in total. The fraction of sp³-hybridized carbons (Fsp3) is 0.318. The van der Waals surface area contributed by atoms with Crippen LogP contribution in [0, 0.1) is 20.8 Å². The summed E-state index contributed by atoms with van der Waals surface area (Å²) in [5, 5.41) is 1.13. The number of aromatic amines is 1. The molecule has 27 heavy (non-hydrogen) atoms. The van der Waals surface area contributed by atoms with E-state index < -0.39 is 0 Å². The summed E-state index contributed by atoms with van der Waals surface area (Å²) in [5.41, 5.74) is 5.11. The van der Waals surface area contributed by atoms with Gasteiger partial charge in [0.1, 0.15) is 23.3 Å². The molecule has 0 unspecified atom stereocenters. The standard InChI is InChI=1S/C22H24N2O3/c1-13-8-14(2)20-19(9-13)15(3)21(23-20)22(25)24-11-18(12-24)27-17-7-5-6-16(10-17)26-4/h5-10,18,23H,11-12H2,1-4H3. The van der Waals surface area contributed by atoms with Gasteiger partial charge in [-0.3, -0.25) is 4.79 Å². The monoisotopic (exact) mass is 364 g/mol. The van der Waals surface area contributed by atoms with Gasteiger partial charge in [0.25, 0.3) is 5.91 Å². The third-order valence-corrected chi connectivity index (χ3v) is 5.20. The Kier molecular flexibility index (Phi) is 4.30. The molecule has 1 aliphatic heterocycles. The summed E-state index contributed by atoms with van der Waals surface area (Å²) in [5.74, 6) is 1.56. The molecule has 4 rings (SSSR count). The number of H-pyrrole nitrogens is 1. The summed E-state index contributed by atoms with van der Waals surface area (Å²) in [6, 6.07) is 11.8. The summed E-state index contributed by atoms with van der Waals surface area (Å²) < 4.78 is 11.2. The Morgan fingerprint density at radius 2 is 1.85 bits per heavy atom. The molecule has 2 aromatic carbocycles. The first-order valence-corrected chi connectivity index (χ1v) is 9.15. The van der Waals surface area contributed by atoms with Gasteiger partial charge in [0.05, 0.1) is 20.2 Å². The van der Waals surface area contributed by atoms with E-state index in [0.717, 1.165) is 33.5 Å². The van der Waals surface area contributed by atoms with Gasteiger partial charge in [0.15, 0.2) is 0 Å². The van der Waals surface area contributed by atoms with Gasteiger partial charge in [0, 0.05) is 17.0 Å². The number of aromatic nitrogens is 1. The van der Waals surface area contributed by atoms with E-state index in [1.807, 2.05) is 36.1 Å². The third-order valence-electron chi connectivity index (χ3n) is 5.20. The molecule has 1 aromatic heterocycles. The van der Waals surface area contributed by atoms with E-state index >= 15 is 0 Å². The molecule has 3 aromatic rings. The maximum absolute atomic E-state index is 12.9. The average molecular weight is 364 g/mol. The van der Waals surface area contributed by atoms with Crippen molar-refractivity contribution in [2.75, 3.05) is 20.2 Å². The van der Waals surface area contributed by atoms with Crippen molar-refractivity contribution >= 4 is 16.8 Å². The summed E-state index contributed by atoms with van der Waals surface area (Å²) in [6.07, 6.45) is 0.00900. The Morgan fingerprint density at radius 3 is 2.59 bits per heavy atom. The molecule has 5 heteroatoms. The van der Waals surface area contributed by atoms with Gasteiger partial charge in [-0.15, -0.1) is 0 Å². The van der Waals surface area contributed by atoms with E-state index in [-0.39, 0.29) is 12.0 Å². The van der Waals surface area contributed by atoms with Crippen molar-refractivity contribution in [3.05, 3.63) is 58.8 Å². The van der Waals surface area contributed by atoms with Crippen LogP contribution in [0.4, 0.5) is 0 Å². The first-order chi connectivity index (χ1) is 13.0. The van der Waals surface area contributed by atoms with E-state index in [9.17, 15) is 4.79 Å². The first-order valence-electron chi connectivity index (χ1n) is 9.15. The lowest BCUT2D eigenvalue weighted by atomic mass is 10.0. The van der Waals surface area contributed by atoms with Crippen LogP contribution in [0.3, 0.4) is 0 Å². The van der Waals surface area contributed by atoms with Gasteiger partial charge < -0.3 is 19.4 Å². The van der Waals surface area contributed by atoms with Crippen molar-refractivity contribution in [1.82, 2.24) is 9.88 Å². The number of carbonyl (C=O) groups is 1. The Balaban J connectivity index is 1.47. The Bertz CT molecular complexity index is 1020. The largest absolute Gasteiger partial charge is 0.497 e. The minimum Gasteiger partial charge on any atom is -0.497 e. The van der Waals surface area contributed by atoms with Gasteiger partial charge in [-0.25, -0.2) is 0 Å². The number of methoxy groups -OCH3 is 1. The zero-order valence-electron chi connectivity index (χ0n) is 16.1. The molecule has 2 heterocycles. The fourth-order valence-electron chi connectivity index (χ4n) is 3.70. The predicted octanol–water partition coefficient (Wildman–Crippen LogP) is 4.01. The van der Waals surface area contributed by atoms with Crippen LogP contribution in [-0.2, 0) is 0 Å². The second-order valence-corrected chi connectivity index (χ2v) is 7.26. The molecule has 1 amide bonds. The molecule has 1 aliphatic rings. The molecule has 0 saturated carbocycles. The van der Waals surface area contributed by atoms with Crippen LogP contribution in [0.1, 0.15) is 27.2 Å².